The average Bonchev–Trinajstić information content (AvgIpc) is 3.00. The molecular formula is C22H25NO7. The second kappa shape index (κ2) is 9.87. The van der Waals surface area contributed by atoms with Gasteiger partial charge in [0.15, 0.2) is 18.5 Å². The van der Waals surface area contributed by atoms with E-state index in [1.54, 1.807) is 45.0 Å². The van der Waals surface area contributed by atoms with Crippen LogP contribution < -0.4 is 4.74 Å². The van der Waals surface area contributed by atoms with E-state index >= 15 is 0 Å². The molecule has 0 aliphatic heterocycles. The smallest absolute Gasteiger partial charge is 0.344 e. The summed E-state index contributed by atoms with van der Waals surface area (Å²) in [6, 6.07) is 6.32. The number of esters is 2. The Hall–Kier alpha value is -3.42. The molecule has 0 saturated carbocycles. The van der Waals surface area contributed by atoms with E-state index in [1.807, 2.05) is 0 Å². The zero-order chi connectivity index (χ0) is 22.4. The van der Waals surface area contributed by atoms with E-state index in [1.165, 1.54) is 13.8 Å². The molecule has 30 heavy (non-hydrogen) atoms. The first-order valence-corrected chi connectivity index (χ1v) is 9.49. The average molecular weight is 415 g/mol. The summed E-state index contributed by atoms with van der Waals surface area (Å²) in [6.45, 7) is 7.72. The summed E-state index contributed by atoms with van der Waals surface area (Å²) in [6.07, 6.45) is -1.08. The van der Waals surface area contributed by atoms with Crippen molar-refractivity contribution in [1.29, 1.82) is 0 Å². The number of hydrogen-bond acceptors (Lipinski definition) is 7. The molecule has 8 heteroatoms. The SMILES string of the molecule is CCOC(=O)c1c(C)[nH]c(C(=O)[C@@H](C)OC(=O)COc2ccc(C(C)=O)cc2)c1C. The van der Waals surface area contributed by atoms with Crippen molar-refractivity contribution in [2.45, 2.75) is 40.7 Å². The fraction of sp³-hybridized carbons (Fsp3) is 0.364. The van der Waals surface area contributed by atoms with E-state index < -0.39 is 30.4 Å². The van der Waals surface area contributed by atoms with Gasteiger partial charge in [0.05, 0.1) is 17.9 Å². The van der Waals surface area contributed by atoms with Crippen LogP contribution in [0.25, 0.3) is 0 Å². The molecule has 0 aliphatic carbocycles. The minimum Gasteiger partial charge on any atom is -0.482 e. The summed E-state index contributed by atoms with van der Waals surface area (Å²) in [7, 11) is 0. The summed E-state index contributed by atoms with van der Waals surface area (Å²) in [5, 5.41) is 0. The summed E-state index contributed by atoms with van der Waals surface area (Å²) in [5.41, 5.74) is 1.97. The van der Waals surface area contributed by atoms with Gasteiger partial charge < -0.3 is 19.2 Å². The first-order chi connectivity index (χ1) is 14.1. The minimum absolute atomic E-state index is 0.0748. The molecule has 1 heterocycles. The van der Waals surface area contributed by atoms with Gasteiger partial charge in [-0.3, -0.25) is 9.59 Å². The summed E-state index contributed by atoms with van der Waals surface area (Å²) in [5.74, 6) is -1.39. The third kappa shape index (κ3) is 5.34. The molecule has 1 N–H and O–H groups in total. The van der Waals surface area contributed by atoms with E-state index in [-0.39, 0.29) is 18.1 Å². The van der Waals surface area contributed by atoms with Gasteiger partial charge >= 0.3 is 11.9 Å². The van der Waals surface area contributed by atoms with Gasteiger partial charge in [-0.2, -0.15) is 0 Å². The second-order valence-corrected chi connectivity index (χ2v) is 6.71. The molecule has 1 atom stereocenters. The highest BCUT2D eigenvalue weighted by atomic mass is 16.6. The number of ether oxygens (including phenoxy) is 3. The topological polar surface area (TPSA) is 112 Å². The number of hydrogen-bond donors (Lipinski definition) is 1. The second-order valence-electron chi connectivity index (χ2n) is 6.71. The van der Waals surface area contributed by atoms with Gasteiger partial charge in [-0.1, -0.05) is 0 Å². The van der Waals surface area contributed by atoms with Crippen molar-refractivity contribution >= 4 is 23.5 Å². The van der Waals surface area contributed by atoms with E-state index in [0.717, 1.165) is 0 Å². The molecule has 0 amide bonds. The molecule has 0 radical (unpaired) electrons. The highest BCUT2D eigenvalue weighted by Crippen LogP contribution is 2.21. The third-order valence-electron chi connectivity index (χ3n) is 4.46. The number of rotatable bonds is 9. The molecule has 160 valence electrons. The van der Waals surface area contributed by atoms with Crippen LogP contribution in [0.2, 0.25) is 0 Å². The molecule has 0 spiro atoms. The lowest BCUT2D eigenvalue weighted by molar-refractivity contribution is -0.148. The van der Waals surface area contributed by atoms with Gasteiger partial charge in [0.1, 0.15) is 5.75 Å². The van der Waals surface area contributed by atoms with Crippen molar-refractivity contribution in [2.75, 3.05) is 13.2 Å². The highest BCUT2D eigenvalue weighted by molar-refractivity contribution is 6.04. The molecule has 0 aliphatic rings. The van der Waals surface area contributed by atoms with Crippen LogP contribution in [-0.4, -0.2) is 47.8 Å². The monoisotopic (exact) mass is 415 g/mol. The van der Waals surface area contributed by atoms with Crippen molar-refractivity contribution in [3.05, 3.63) is 52.3 Å². The van der Waals surface area contributed by atoms with Crippen LogP contribution in [-0.2, 0) is 14.3 Å². The first kappa shape index (κ1) is 22.9. The summed E-state index contributed by atoms with van der Waals surface area (Å²) in [4.78, 5) is 51.0. The Morgan fingerprint density at radius 3 is 2.27 bits per heavy atom. The number of carbonyl (C=O) groups excluding carboxylic acids is 4. The van der Waals surface area contributed by atoms with Crippen LogP contribution in [0, 0.1) is 13.8 Å². The lowest BCUT2D eigenvalue weighted by Gasteiger charge is -2.13. The number of nitrogens with one attached hydrogen (secondary N) is 1. The number of aromatic amines is 1. The predicted molar refractivity (Wildman–Crippen MR) is 108 cm³/mol. The molecule has 0 unspecified atom stereocenters. The maximum Gasteiger partial charge on any atom is 0.344 e. The van der Waals surface area contributed by atoms with Crippen molar-refractivity contribution in [1.82, 2.24) is 4.98 Å². The highest BCUT2D eigenvalue weighted by Gasteiger charge is 2.27. The standard InChI is InChI=1S/C22H25NO7/c1-6-28-22(27)19-12(2)20(23-13(19)3)21(26)15(5)30-18(25)11-29-17-9-7-16(8-10-17)14(4)24/h7-10,15,23H,6,11H2,1-5H3/t15-/m1/s1. The minimum atomic E-state index is -1.08. The number of carbonyl (C=O) groups is 4. The van der Waals surface area contributed by atoms with Crippen LogP contribution in [0.4, 0.5) is 0 Å². The van der Waals surface area contributed by atoms with Gasteiger partial charge in [0.25, 0.3) is 0 Å². The fourth-order valence-corrected chi connectivity index (χ4v) is 2.92. The third-order valence-corrected chi connectivity index (χ3v) is 4.46. The molecule has 2 rings (SSSR count). The largest absolute Gasteiger partial charge is 0.482 e. The number of ketones is 2. The molecule has 0 saturated heterocycles. The van der Waals surface area contributed by atoms with Gasteiger partial charge in [-0.05, 0) is 64.4 Å². The summed E-state index contributed by atoms with van der Waals surface area (Å²) < 4.78 is 15.5. The quantitative estimate of drug-likeness (QED) is 0.494. The fourth-order valence-electron chi connectivity index (χ4n) is 2.92. The van der Waals surface area contributed by atoms with Crippen LogP contribution in [0.1, 0.15) is 63.2 Å². The van der Waals surface area contributed by atoms with Crippen LogP contribution in [0.5, 0.6) is 5.75 Å². The Labute approximate surface area is 174 Å². The van der Waals surface area contributed by atoms with Gasteiger partial charge in [-0.25, -0.2) is 9.59 Å². The molecule has 2 aromatic rings. The Bertz CT molecular complexity index is 957. The molecule has 0 bridgehead atoms. The van der Waals surface area contributed by atoms with Crippen LogP contribution >= 0.6 is 0 Å². The Balaban J connectivity index is 1.98. The lowest BCUT2D eigenvalue weighted by atomic mass is 10.1. The number of benzene rings is 1. The number of H-pyrrole nitrogens is 1. The Morgan fingerprint density at radius 1 is 1.07 bits per heavy atom. The maximum atomic E-state index is 12.7. The molecule has 1 aromatic carbocycles. The van der Waals surface area contributed by atoms with Crippen LogP contribution in [0.15, 0.2) is 24.3 Å². The Kier molecular flexibility index (Phi) is 7.52. The lowest BCUT2D eigenvalue weighted by Crippen LogP contribution is -2.28. The molecule has 1 aromatic heterocycles. The van der Waals surface area contributed by atoms with E-state index in [4.69, 9.17) is 14.2 Å². The van der Waals surface area contributed by atoms with E-state index in [9.17, 15) is 19.2 Å². The molecular weight excluding hydrogens is 390 g/mol. The maximum absolute atomic E-state index is 12.7. The van der Waals surface area contributed by atoms with Crippen molar-refractivity contribution in [3.8, 4) is 5.75 Å². The van der Waals surface area contributed by atoms with Crippen molar-refractivity contribution in [3.63, 3.8) is 0 Å². The molecule has 8 nitrogen and oxygen atoms in total. The van der Waals surface area contributed by atoms with Crippen molar-refractivity contribution in [2.24, 2.45) is 0 Å². The zero-order valence-electron chi connectivity index (χ0n) is 17.7. The number of aryl methyl sites for hydroxylation is 1. The Morgan fingerprint density at radius 2 is 1.70 bits per heavy atom. The van der Waals surface area contributed by atoms with Crippen molar-refractivity contribution < 1.29 is 33.4 Å². The zero-order valence-corrected chi connectivity index (χ0v) is 17.7. The summed E-state index contributed by atoms with van der Waals surface area (Å²) >= 11 is 0. The number of Topliss-reactive ketones (excluding diaryl/α,β-unsaturated/α-hetero) is 2. The van der Waals surface area contributed by atoms with Gasteiger partial charge in [0, 0.05) is 11.3 Å². The van der Waals surface area contributed by atoms with Gasteiger partial charge in [-0.15, -0.1) is 0 Å². The van der Waals surface area contributed by atoms with Gasteiger partial charge in [0.2, 0.25) is 5.78 Å². The number of aromatic nitrogens is 1. The van der Waals surface area contributed by atoms with E-state index in [0.29, 0.717) is 28.1 Å². The van der Waals surface area contributed by atoms with Crippen LogP contribution in [0.3, 0.4) is 0 Å². The normalized spacial score (nSPS) is 11.5. The van der Waals surface area contributed by atoms with E-state index in [2.05, 4.69) is 4.98 Å². The predicted octanol–water partition coefficient (Wildman–Crippen LogP) is 3.20. The molecule has 0 fully saturated rings. The first-order valence-electron chi connectivity index (χ1n) is 9.49.